The van der Waals surface area contributed by atoms with Gasteiger partial charge in [-0.05, 0) is 36.8 Å². The molecule has 1 saturated carbocycles. The minimum absolute atomic E-state index is 0.254. The third kappa shape index (κ3) is 1.99. The molecule has 2 atom stereocenters. The van der Waals surface area contributed by atoms with Crippen molar-refractivity contribution in [2.24, 2.45) is 0 Å². The fourth-order valence-corrected chi connectivity index (χ4v) is 2.22. The minimum atomic E-state index is -0.254. The number of hydrogen-bond donors (Lipinski definition) is 0. The lowest BCUT2D eigenvalue weighted by Gasteiger charge is -2.08. The molecule has 1 fully saturated rings. The standard InChI is InChI=1S/C10H11ClFN/c11-9-2-1-7(3-9)8-4-10(12)6-13-5-8/h4-7,9H,1-3H2. The lowest BCUT2D eigenvalue weighted by Crippen LogP contribution is -1.96. The summed E-state index contributed by atoms with van der Waals surface area (Å²) in [6, 6.07) is 1.56. The number of nitrogens with zero attached hydrogens (tertiary/aromatic N) is 1. The summed E-state index contributed by atoms with van der Waals surface area (Å²) >= 11 is 5.98. The highest BCUT2D eigenvalue weighted by Gasteiger charge is 2.24. The zero-order valence-corrected chi connectivity index (χ0v) is 7.97. The Morgan fingerprint density at radius 1 is 1.38 bits per heavy atom. The van der Waals surface area contributed by atoms with Crippen molar-refractivity contribution in [3.05, 3.63) is 29.8 Å². The second kappa shape index (κ2) is 3.62. The molecule has 0 radical (unpaired) electrons. The largest absolute Gasteiger partial charge is 0.261 e. The number of rotatable bonds is 1. The fourth-order valence-electron chi connectivity index (χ4n) is 1.88. The maximum atomic E-state index is 12.8. The summed E-state index contributed by atoms with van der Waals surface area (Å²) in [5.41, 5.74) is 0.989. The van der Waals surface area contributed by atoms with Gasteiger partial charge < -0.3 is 0 Å². The van der Waals surface area contributed by atoms with Crippen molar-refractivity contribution < 1.29 is 4.39 Å². The van der Waals surface area contributed by atoms with Crippen molar-refractivity contribution in [2.75, 3.05) is 0 Å². The van der Waals surface area contributed by atoms with Gasteiger partial charge in [-0.1, -0.05) is 0 Å². The van der Waals surface area contributed by atoms with Crippen molar-refractivity contribution in [1.29, 1.82) is 0 Å². The van der Waals surface area contributed by atoms with E-state index in [2.05, 4.69) is 4.98 Å². The zero-order valence-electron chi connectivity index (χ0n) is 7.21. The average Bonchev–Trinajstić information content (AvgIpc) is 2.52. The van der Waals surface area contributed by atoms with Crippen LogP contribution in [-0.2, 0) is 0 Å². The Morgan fingerprint density at radius 3 is 2.85 bits per heavy atom. The van der Waals surface area contributed by atoms with E-state index in [0.29, 0.717) is 5.92 Å². The molecule has 1 heterocycles. The number of hydrogen-bond acceptors (Lipinski definition) is 1. The summed E-state index contributed by atoms with van der Waals surface area (Å²) in [6.45, 7) is 0. The van der Waals surface area contributed by atoms with E-state index in [1.165, 1.54) is 6.20 Å². The third-order valence-corrected chi connectivity index (χ3v) is 2.96. The Kier molecular flexibility index (Phi) is 2.49. The molecule has 2 unspecified atom stereocenters. The molecule has 0 bridgehead atoms. The predicted molar refractivity (Wildman–Crippen MR) is 50.4 cm³/mol. The molecule has 0 saturated heterocycles. The van der Waals surface area contributed by atoms with Crippen molar-refractivity contribution in [1.82, 2.24) is 4.98 Å². The number of alkyl halides is 1. The van der Waals surface area contributed by atoms with Crippen LogP contribution in [0.5, 0.6) is 0 Å². The van der Waals surface area contributed by atoms with E-state index in [0.717, 1.165) is 24.8 Å². The maximum absolute atomic E-state index is 12.8. The summed E-state index contributed by atoms with van der Waals surface area (Å²) in [4.78, 5) is 3.84. The zero-order chi connectivity index (χ0) is 9.26. The van der Waals surface area contributed by atoms with Gasteiger partial charge in [0.1, 0.15) is 5.82 Å². The first kappa shape index (κ1) is 8.95. The normalized spacial score (nSPS) is 27.8. The Balaban J connectivity index is 2.16. The molecule has 1 nitrogen and oxygen atoms in total. The Labute approximate surface area is 81.9 Å². The highest BCUT2D eigenvalue weighted by Crippen LogP contribution is 2.36. The summed E-state index contributed by atoms with van der Waals surface area (Å²) < 4.78 is 12.8. The molecule has 2 rings (SSSR count). The molecule has 70 valence electrons. The van der Waals surface area contributed by atoms with Gasteiger partial charge in [-0.2, -0.15) is 0 Å². The van der Waals surface area contributed by atoms with Gasteiger partial charge in [-0.15, -0.1) is 11.6 Å². The smallest absolute Gasteiger partial charge is 0.141 e. The lowest BCUT2D eigenvalue weighted by atomic mass is 10.00. The molecule has 0 amide bonds. The van der Waals surface area contributed by atoms with Crippen LogP contribution in [0.3, 0.4) is 0 Å². The molecule has 13 heavy (non-hydrogen) atoms. The first-order valence-electron chi connectivity index (χ1n) is 4.50. The quantitative estimate of drug-likeness (QED) is 0.634. The second-order valence-corrected chi connectivity index (χ2v) is 4.16. The molecule has 1 aliphatic carbocycles. The number of halogens is 2. The molecular weight excluding hydrogens is 189 g/mol. The maximum Gasteiger partial charge on any atom is 0.141 e. The van der Waals surface area contributed by atoms with E-state index in [4.69, 9.17) is 11.6 Å². The van der Waals surface area contributed by atoms with Gasteiger partial charge in [0.25, 0.3) is 0 Å². The van der Waals surface area contributed by atoms with Crippen LogP contribution in [0.2, 0.25) is 0 Å². The van der Waals surface area contributed by atoms with Crippen LogP contribution in [0.25, 0.3) is 0 Å². The molecule has 0 aliphatic heterocycles. The Morgan fingerprint density at radius 2 is 2.23 bits per heavy atom. The molecular formula is C10H11ClFN. The van der Waals surface area contributed by atoms with Crippen LogP contribution >= 0.6 is 11.6 Å². The lowest BCUT2D eigenvalue weighted by molar-refractivity contribution is 0.611. The highest BCUT2D eigenvalue weighted by molar-refractivity contribution is 6.20. The van der Waals surface area contributed by atoms with Crippen LogP contribution in [0.15, 0.2) is 18.5 Å². The third-order valence-electron chi connectivity index (χ3n) is 2.57. The monoisotopic (exact) mass is 199 g/mol. The summed E-state index contributed by atoms with van der Waals surface area (Å²) in [5, 5.41) is 0.258. The van der Waals surface area contributed by atoms with E-state index < -0.39 is 0 Å². The average molecular weight is 200 g/mol. The number of pyridine rings is 1. The van der Waals surface area contributed by atoms with Gasteiger partial charge >= 0.3 is 0 Å². The van der Waals surface area contributed by atoms with Crippen molar-refractivity contribution in [2.45, 2.75) is 30.6 Å². The Hall–Kier alpha value is -0.630. The van der Waals surface area contributed by atoms with Gasteiger partial charge in [0.2, 0.25) is 0 Å². The summed E-state index contributed by atoms with van der Waals surface area (Å²) in [5.74, 6) is 0.154. The van der Waals surface area contributed by atoms with Crippen LogP contribution in [-0.4, -0.2) is 10.4 Å². The van der Waals surface area contributed by atoms with Gasteiger partial charge in [0.05, 0.1) is 6.20 Å². The topological polar surface area (TPSA) is 12.9 Å². The van der Waals surface area contributed by atoms with E-state index in [1.54, 1.807) is 12.3 Å². The SMILES string of the molecule is Fc1cncc(C2CCC(Cl)C2)c1. The van der Waals surface area contributed by atoms with E-state index in [9.17, 15) is 4.39 Å². The van der Waals surface area contributed by atoms with Crippen LogP contribution < -0.4 is 0 Å². The van der Waals surface area contributed by atoms with Crippen molar-refractivity contribution >= 4 is 11.6 Å². The summed E-state index contributed by atoms with van der Waals surface area (Å²) in [6.07, 6.45) is 6.01. The van der Waals surface area contributed by atoms with Gasteiger partial charge in [0, 0.05) is 11.6 Å². The molecule has 0 N–H and O–H groups in total. The first-order chi connectivity index (χ1) is 6.25. The van der Waals surface area contributed by atoms with Gasteiger partial charge in [-0.3, -0.25) is 4.98 Å². The van der Waals surface area contributed by atoms with Gasteiger partial charge in [-0.25, -0.2) is 4.39 Å². The van der Waals surface area contributed by atoms with E-state index in [1.807, 2.05) is 0 Å². The van der Waals surface area contributed by atoms with E-state index in [-0.39, 0.29) is 11.2 Å². The van der Waals surface area contributed by atoms with Crippen molar-refractivity contribution in [3.63, 3.8) is 0 Å². The van der Waals surface area contributed by atoms with Crippen LogP contribution in [0.4, 0.5) is 4.39 Å². The molecule has 3 heteroatoms. The fraction of sp³-hybridized carbons (Fsp3) is 0.500. The highest BCUT2D eigenvalue weighted by atomic mass is 35.5. The molecule has 0 aromatic carbocycles. The minimum Gasteiger partial charge on any atom is -0.261 e. The molecule has 1 aliphatic rings. The van der Waals surface area contributed by atoms with Crippen molar-refractivity contribution in [3.8, 4) is 0 Å². The van der Waals surface area contributed by atoms with E-state index >= 15 is 0 Å². The second-order valence-electron chi connectivity index (χ2n) is 3.54. The van der Waals surface area contributed by atoms with Crippen LogP contribution in [0, 0.1) is 5.82 Å². The first-order valence-corrected chi connectivity index (χ1v) is 4.94. The molecule has 0 spiro atoms. The van der Waals surface area contributed by atoms with Crippen LogP contribution in [0.1, 0.15) is 30.7 Å². The number of aromatic nitrogens is 1. The summed E-state index contributed by atoms with van der Waals surface area (Å²) in [7, 11) is 0. The van der Waals surface area contributed by atoms with Gasteiger partial charge in [0.15, 0.2) is 0 Å². The molecule has 1 aromatic rings. The predicted octanol–water partition coefficient (Wildman–Crippen LogP) is 3.10. The Bertz CT molecular complexity index is 303. The molecule has 1 aromatic heterocycles.